The molecule has 34 heavy (non-hydrogen) atoms. The average molecular weight is 461 g/mol. The Morgan fingerprint density at radius 3 is 2.44 bits per heavy atom. The number of carbonyl (C=O) groups excluding carboxylic acids is 1. The third-order valence-corrected chi connectivity index (χ3v) is 6.00. The number of carbonyl (C=O) groups is 1. The number of halogens is 1. The Bertz CT molecular complexity index is 1230. The summed E-state index contributed by atoms with van der Waals surface area (Å²) in [6.45, 7) is 1.54. The Kier molecular flexibility index (Phi) is 7.60. The number of para-hydroxylation sites is 1. The molecule has 1 atom stereocenters. The third kappa shape index (κ3) is 5.46. The highest BCUT2D eigenvalue weighted by atomic mass is 19.1. The predicted molar refractivity (Wildman–Crippen MR) is 132 cm³/mol. The van der Waals surface area contributed by atoms with Crippen LogP contribution in [0.15, 0.2) is 79.0 Å². The van der Waals surface area contributed by atoms with Gasteiger partial charge >= 0.3 is 0 Å². The van der Waals surface area contributed by atoms with E-state index in [1.54, 1.807) is 26.4 Å². The summed E-state index contributed by atoms with van der Waals surface area (Å²) in [6, 6.07) is 22.6. The van der Waals surface area contributed by atoms with Crippen LogP contribution in [0.2, 0.25) is 0 Å². The van der Waals surface area contributed by atoms with Crippen molar-refractivity contribution >= 4 is 16.8 Å². The second-order valence-corrected chi connectivity index (χ2v) is 8.23. The molecule has 0 fully saturated rings. The number of amides is 1. The van der Waals surface area contributed by atoms with E-state index in [2.05, 4.69) is 28.2 Å². The molecule has 0 aliphatic carbocycles. The van der Waals surface area contributed by atoms with Crippen LogP contribution in [0.1, 0.15) is 29.0 Å². The van der Waals surface area contributed by atoms with Crippen molar-refractivity contribution in [3.8, 4) is 5.75 Å². The van der Waals surface area contributed by atoms with E-state index in [-0.39, 0.29) is 17.6 Å². The zero-order chi connectivity index (χ0) is 23.9. The van der Waals surface area contributed by atoms with Crippen molar-refractivity contribution in [2.75, 3.05) is 27.4 Å². The number of aromatic nitrogens is 1. The maximum absolute atomic E-state index is 13.4. The van der Waals surface area contributed by atoms with Gasteiger partial charge in [-0.25, -0.2) is 4.39 Å². The third-order valence-electron chi connectivity index (χ3n) is 6.00. The molecule has 0 aliphatic rings. The lowest BCUT2D eigenvalue weighted by Gasteiger charge is -2.18. The minimum atomic E-state index is -0.249. The van der Waals surface area contributed by atoms with E-state index in [0.29, 0.717) is 26.1 Å². The molecule has 0 spiro atoms. The Balaban J connectivity index is 1.73. The topological polar surface area (TPSA) is 52.5 Å². The summed E-state index contributed by atoms with van der Waals surface area (Å²) in [7, 11) is 3.25. The van der Waals surface area contributed by atoms with Gasteiger partial charge in [0.1, 0.15) is 11.6 Å². The number of nitrogens with one attached hydrogen (secondary N) is 1. The van der Waals surface area contributed by atoms with Gasteiger partial charge in [0.25, 0.3) is 0 Å². The fourth-order valence-corrected chi connectivity index (χ4v) is 4.26. The summed E-state index contributed by atoms with van der Waals surface area (Å²) < 4.78 is 26.0. The monoisotopic (exact) mass is 460 g/mol. The molecule has 0 unspecified atom stereocenters. The summed E-state index contributed by atoms with van der Waals surface area (Å²) in [5.41, 5.74) is 4.18. The second-order valence-electron chi connectivity index (χ2n) is 8.23. The maximum Gasteiger partial charge on any atom is 0.221 e. The number of benzene rings is 3. The van der Waals surface area contributed by atoms with Crippen LogP contribution in [-0.2, 0) is 16.1 Å². The first kappa shape index (κ1) is 23.5. The van der Waals surface area contributed by atoms with Crippen LogP contribution in [0.25, 0.3) is 10.9 Å². The van der Waals surface area contributed by atoms with Crippen molar-refractivity contribution < 1.29 is 18.7 Å². The average Bonchev–Trinajstić information content (AvgIpc) is 3.22. The van der Waals surface area contributed by atoms with E-state index in [4.69, 9.17) is 9.47 Å². The summed E-state index contributed by atoms with van der Waals surface area (Å²) in [4.78, 5) is 12.8. The van der Waals surface area contributed by atoms with Crippen molar-refractivity contribution in [1.82, 2.24) is 9.88 Å². The van der Waals surface area contributed by atoms with Gasteiger partial charge in [-0.1, -0.05) is 42.5 Å². The lowest BCUT2D eigenvalue weighted by atomic mass is 9.88. The Morgan fingerprint density at radius 1 is 1.00 bits per heavy atom. The van der Waals surface area contributed by atoms with Gasteiger partial charge in [0.15, 0.2) is 0 Å². The molecular weight excluding hydrogens is 431 g/mol. The van der Waals surface area contributed by atoms with Gasteiger partial charge in [0.05, 0.1) is 13.7 Å². The van der Waals surface area contributed by atoms with Crippen LogP contribution >= 0.6 is 0 Å². The number of hydrogen-bond acceptors (Lipinski definition) is 3. The largest absolute Gasteiger partial charge is 0.497 e. The molecule has 4 rings (SSSR count). The zero-order valence-electron chi connectivity index (χ0n) is 19.5. The Morgan fingerprint density at radius 2 is 1.74 bits per heavy atom. The molecule has 6 heteroatoms. The minimum absolute atomic E-state index is 0.0340. The number of hydrogen-bond donors (Lipinski definition) is 1. The molecule has 3 aromatic carbocycles. The van der Waals surface area contributed by atoms with Crippen LogP contribution < -0.4 is 10.1 Å². The molecule has 5 nitrogen and oxygen atoms in total. The predicted octanol–water partition coefficient (Wildman–Crippen LogP) is 5.12. The molecule has 4 aromatic rings. The van der Waals surface area contributed by atoms with E-state index in [1.807, 2.05) is 36.4 Å². The molecule has 0 saturated carbocycles. The summed E-state index contributed by atoms with van der Waals surface area (Å²) in [5, 5.41) is 4.04. The van der Waals surface area contributed by atoms with Crippen LogP contribution in [0.4, 0.5) is 4.39 Å². The van der Waals surface area contributed by atoms with Gasteiger partial charge in [0.2, 0.25) is 5.91 Å². The lowest BCUT2D eigenvalue weighted by Crippen LogP contribution is -2.28. The number of ether oxygens (including phenoxy) is 2. The standard InChI is InChI=1S/C28H29FN2O3/c1-33-16-15-30-28(32)17-25(21-9-13-23(34-2)14-10-21)26-19-31(27-6-4-3-5-24(26)27)18-20-7-11-22(29)12-8-20/h3-14,19,25H,15-18H2,1-2H3,(H,30,32)/t25-/m1/s1. The van der Waals surface area contributed by atoms with E-state index in [9.17, 15) is 9.18 Å². The molecular formula is C28H29FN2O3. The first-order valence-electron chi connectivity index (χ1n) is 11.3. The SMILES string of the molecule is COCCNC(=O)C[C@H](c1ccc(OC)cc1)c1cn(Cc2ccc(F)cc2)c2ccccc12. The first-order chi connectivity index (χ1) is 16.6. The van der Waals surface area contributed by atoms with Gasteiger partial charge in [-0.05, 0) is 47.0 Å². The number of nitrogens with zero attached hydrogens (tertiary/aromatic N) is 1. The van der Waals surface area contributed by atoms with Crippen LogP contribution in [0.3, 0.4) is 0 Å². The molecule has 1 heterocycles. The zero-order valence-corrected chi connectivity index (χ0v) is 19.5. The second kappa shape index (κ2) is 11.0. The molecule has 0 aliphatic heterocycles. The van der Waals surface area contributed by atoms with Gasteiger partial charge < -0.3 is 19.4 Å². The van der Waals surface area contributed by atoms with E-state index in [0.717, 1.165) is 33.3 Å². The highest BCUT2D eigenvalue weighted by molar-refractivity contribution is 5.86. The van der Waals surface area contributed by atoms with Crippen molar-refractivity contribution in [3.05, 3.63) is 102 Å². The molecule has 0 bridgehead atoms. The van der Waals surface area contributed by atoms with Gasteiger partial charge in [-0.2, -0.15) is 0 Å². The van der Waals surface area contributed by atoms with E-state index in [1.165, 1.54) is 12.1 Å². The van der Waals surface area contributed by atoms with Crippen LogP contribution in [-0.4, -0.2) is 37.8 Å². The Hall–Kier alpha value is -3.64. The molecule has 0 saturated heterocycles. The summed E-state index contributed by atoms with van der Waals surface area (Å²) >= 11 is 0. The fourth-order valence-electron chi connectivity index (χ4n) is 4.26. The highest BCUT2D eigenvalue weighted by Gasteiger charge is 2.23. The smallest absolute Gasteiger partial charge is 0.221 e. The lowest BCUT2D eigenvalue weighted by molar-refractivity contribution is -0.121. The van der Waals surface area contributed by atoms with Crippen molar-refractivity contribution in [2.24, 2.45) is 0 Å². The molecule has 0 radical (unpaired) electrons. The highest BCUT2D eigenvalue weighted by Crippen LogP contribution is 2.35. The van der Waals surface area contributed by atoms with Crippen molar-refractivity contribution in [2.45, 2.75) is 18.9 Å². The summed E-state index contributed by atoms with van der Waals surface area (Å²) in [6.07, 6.45) is 2.42. The number of fused-ring (bicyclic) bond motifs is 1. The van der Waals surface area contributed by atoms with Gasteiger partial charge in [0, 0.05) is 49.6 Å². The van der Waals surface area contributed by atoms with Crippen molar-refractivity contribution in [1.29, 1.82) is 0 Å². The minimum Gasteiger partial charge on any atom is -0.497 e. The molecule has 1 aromatic heterocycles. The van der Waals surface area contributed by atoms with E-state index < -0.39 is 0 Å². The van der Waals surface area contributed by atoms with Crippen molar-refractivity contribution in [3.63, 3.8) is 0 Å². The number of rotatable bonds is 10. The first-order valence-corrected chi connectivity index (χ1v) is 11.3. The normalized spacial score (nSPS) is 12.0. The van der Waals surface area contributed by atoms with E-state index >= 15 is 0 Å². The van der Waals surface area contributed by atoms with Gasteiger partial charge in [-0.3, -0.25) is 4.79 Å². The molecule has 1 N–H and O–H groups in total. The number of methoxy groups -OCH3 is 2. The fraction of sp³-hybridized carbons (Fsp3) is 0.250. The quantitative estimate of drug-likeness (QED) is 0.334. The maximum atomic E-state index is 13.4. The molecule has 1 amide bonds. The summed E-state index contributed by atoms with van der Waals surface area (Å²) in [5.74, 6) is 0.340. The van der Waals surface area contributed by atoms with Crippen LogP contribution in [0.5, 0.6) is 5.75 Å². The molecule has 176 valence electrons. The Labute approximate surface area is 199 Å². The van der Waals surface area contributed by atoms with Gasteiger partial charge in [-0.15, -0.1) is 0 Å². The van der Waals surface area contributed by atoms with Crippen LogP contribution in [0, 0.1) is 5.82 Å².